The standard InChI is InChI=1S/C12H16F3NO/c1-7(12(13,14)15)11(17)8-5-9-3-4-10(6-8)16(9)2/h8-10H,1,3-6H2,2H3. The van der Waals surface area contributed by atoms with Gasteiger partial charge in [0.25, 0.3) is 0 Å². The summed E-state index contributed by atoms with van der Waals surface area (Å²) >= 11 is 0. The number of carbonyl (C=O) groups is 1. The van der Waals surface area contributed by atoms with Crippen LogP contribution in [0, 0.1) is 5.92 Å². The molecular formula is C12H16F3NO. The number of Topliss-reactive ketones (excluding diaryl/α,β-unsaturated/α-hetero) is 1. The number of rotatable bonds is 2. The lowest BCUT2D eigenvalue weighted by molar-refractivity contribution is -0.133. The van der Waals surface area contributed by atoms with Crippen molar-refractivity contribution < 1.29 is 18.0 Å². The minimum absolute atomic E-state index is 0.267. The number of piperidine rings is 1. The van der Waals surface area contributed by atoms with Crippen molar-refractivity contribution in [3.8, 4) is 0 Å². The molecular weight excluding hydrogens is 231 g/mol. The van der Waals surface area contributed by atoms with Crippen molar-refractivity contribution in [1.29, 1.82) is 0 Å². The highest BCUT2D eigenvalue weighted by Crippen LogP contribution is 2.40. The zero-order valence-electron chi connectivity index (χ0n) is 9.76. The van der Waals surface area contributed by atoms with Gasteiger partial charge in [-0.25, -0.2) is 0 Å². The maximum atomic E-state index is 12.4. The Morgan fingerprint density at radius 3 is 2.12 bits per heavy atom. The van der Waals surface area contributed by atoms with Gasteiger partial charge in [-0.15, -0.1) is 0 Å². The predicted molar refractivity (Wildman–Crippen MR) is 57.5 cm³/mol. The van der Waals surface area contributed by atoms with E-state index < -0.39 is 23.5 Å². The first kappa shape index (κ1) is 12.6. The second kappa shape index (κ2) is 4.12. The summed E-state index contributed by atoms with van der Waals surface area (Å²) in [5.74, 6) is -1.29. The van der Waals surface area contributed by atoms with Crippen LogP contribution >= 0.6 is 0 Å². The highest BCUT2D eigenvalue weighted by Gasteiger charge is 2.45. The normalized spacial score (nSPS) is 33.8. The third-order valence-electron chi connectivity index (χ3n) is 4.11. The lowest BCUT2D eigenvalue weighted by atomic mass is 9.85. The third kappa shape index (κ3) is 2.25. The van der Waals surface area contributed by atoms with Crippen LogP contribution in [0.15, 0.2) is 12.2 Å². The number of carbonyl (C=O) groups excluding carboxylic acids is 1. The molecule has 2 aliphatic rings. The fourth-order valence-electron chi connectivity index (χ4n) is 3.01. The first-order valence-corrected chi connectivity index (χ1v) is 5.83. The van der Waals surface area contributed by atoms with E-state index in [1.807, 2.05) is 7.05 Å². The second-order valence-electron chi connectivity index (χ2n) is 5.06. The number of nitrogens with zero attached hydrogens (tertiary/aromatic N) is 1. The third-order valence-corrected chi connectivity index (χ3v) is 4.11. The van der Waals surface area contributed by atoms with Crippen LogP contribution in [0.4, 0.5) is 13.2 Å². The summed E-state index contributed by atoms with van der Waals surface area (Å²) in [6.07, 6.45) is -1.52. The molecule has 0 amide bonds. The number of hydrogen-bond acceptors (Lipinski definition) is 2. The fourth-order valence-corrected chi connectivity index (χ4v) is 3.01. The number of alkyl halides is 3. The van der Waals surface area contributed by atoms with Gasteiger partial charge in [-0.05, 0) is 32.7 Å². The van der Waals surface area contributed by atoms with E-state index in [1.54, 1.807) is 0 Å². The molecule has 17 heavy (non-hydrogen) atoms. The quantitative estimate of drug-likeness (QED) is 0.699. The summed E-state index contributed by atoms with van der Waals surface area (Å²) < 4.78 is 37.2. The minimum Gasteiger partial charge on any atom is -0.300 e. The number of allylic oxidation sites excluding steroid dienone is 1. The van der Waals surface area contributed by atoms with Crippen LogP contribution < -0.4 is 0 Å². The van der Waals surface area contributed by atoms with Crippen molar-refractivity contribution in [3.05, 3.63) is 12.2 Å². The Balaban J connectivity index is 2.06. The summed E-state index contributed by atoms with van der Waals surface area (Å²) in [6, 6.07) is 0.535. The van der Waals surface area contributed by atoms with Gasteiger partial charge in [-0.2, -0.15) is 13.2 Å². The number of hydrogen-bond donors (Lipinski definition) is 0. The van der Waals surface area contributed by atoms with Gasteiger partial charge in [0.05, 0.1) is 5.57 Å². The maximum Gasteiger partial charge on any atom is 0.419 e. The molecule has 0 N–H and O–H groups in total. The molecule has 2 nitrogen and oxygen atoms in total. The molecule has 0 spiro atoms. The fraction of sp³-hybridized carbons (Fsp3) is 0.750. The van der Waals surface area contributed by atoms with Crippen LogP contribution in [0.5, 0.6) is 0 Å². The average Bonchev–Trinajstić information content (AvgIpc) is 2.50. The van der Waals surface area contributed by atoms with Crippen LogP contribution in [-0.2, 0) is 4.79 Å². The second-order valence-corrected chi connectivity index (χ2v) is 5.06. The lowest BCUT2D eigenvalue weighted by Crippen LogP contribution is -2.43. The van der Waals surface area contributed by atoms with Crippen LogP contribution in [0.2, 0.25) is 0 Å². The predicted octanol–water partition coefficient (Wildman–Crippen LogP) is 2.55. The van der Waals surface area contributed by atoms with Crippen molar-refractivity contribution in [3.63, 3.8) is 0 Å². The van der Waals surface area contributed by atoms with Gasteiger partial charge in [0.1, 0.15) is 0 Å². The van der Waals surface area contributed by atoms with Crippen molar-refractivity contribution in [2.45, 2.75) is 43.9 Å². The molecule has 2 unspecified atom stereocenters. The molecule has 2 saturated heterocycles. The van der Waals surface area contributed by atoms with E-state index in [2.05, 4.69) is 11.5 Å². The van der Waals surface area contributed by atoms with E-state index in [1.165, 1.54) is 0 Å². The van der Waals surface area contributed by atoms with E-state index >= 15 is 0 Å². The molecule has 2 atom stereocenters. The van der Waals surface area contributed by atoms with E-state index in [4.69, 9.17) is 0 Å². The molecule has 0 saturated carbocycles. The van der Waals surface area contributed by atoms with E-state index in [-0.39, 0.29) is 12.1 Å². The van der Waals surface area contributed by atoms with Gasteiger partial charge in [0.2, 0.25) is 0 Å². The van der Waals surface area contributed by atoms with Crippen molar-refractivity contribution in [2.24, 2.45) is 5.92 Å². The molecule has 2 rings (SSSR count). The minimum atomic E-state index is -4.58. The van der Waals surface area contributed by atoms with Gasteiger partial charge < -0.3 is 4.90 Å². The zero-order chi connectivity index (χ0) is 12.8. The van der Waals surface area contributed by atoms with Gasteiger partial charge >= 0.3 is 6.18 Å². The molecule has 2 bridgehead atoms. The smallest absolute Gasteiger partial charge is 0.300 e. The zero-order valence-corrected chi connectivity index (χ0v) is 9.76. The molecule has 96 valence electrons. The SMILES string of the molecule is C=C(C(=O)C1CC2CCC(C1)N2C)C(F)(F)F. The molecule has 0 aromatic carbocycles. The topological polar surface area (TPSA) is 20.3 Å². The number of halogens is 3. The molecule has 5 heteroatoms. The summed E-state index contributed by atoms with van der Waals surface area (Å²) in [4.78, 5) is 13.9. The monoisotopic (exact) mass is 247 g/mol. The Morgan fingerprint density at radius 1 is 1.24 bits per heavy atom. The first-order valence-electron chi connectivity index (χ1n) is 5.83. The van der Waals surface area contributed by atoms with Crippen molar-refractivity contribution >= 4 is 5.78 Å². The molecule has 0 aliphatic carbocycles. The van der Waals surface area contributed by atoms with Crippen LogP contribution in [-0.4, -0.2) is 36.0 Å². The number of fused-ring (bicyclic) bond motifs is 2. The van der Waals surface area contributed by atoms with Crippen LogP contribution in [0.25, 0.3) is 0 Å². The van der Waals surface area contributed by atoms with Crippen LogP contribution in [0.3, 0.4) is 0 Å². The maximum absolute atomic E-state index is 12.4. The van der Waals surface area contributed by atoms with Gasteiger partial charge in [0, 0.05) is 18.0 Å². The summed E-state index contributed by atoms with van der Waals surface area (Å²) in [5, 5.41) is 0. The van der Waals surface area contributed by atoms with E-state index in [9.17, 15) is 18.0 Å². The van der Waals surface area contributed by atoms with Crippen molar-refractivity contribution in [2.75, 3.05) is 7.05 Å². The van der Waals surface area contributed by atoms with Gasteiger partial charge in [-0.1, -0.05) is 6.58 Å². The Bertz CT molecular complexity index is 336. The summed E-state index contributed by atoms with van der Waals surface area (Å²) in [7, 11) is 1.99. The summed E-state index contributed by atoms with van der Waals surface area (Å²) in [5.41, 5.74) is -1.19. The molecule has 2 fully saturated rings. The largest absolute Gasteiger partial charge is 0.419 e. The molecule has 0 aromatic heterocycles. The average molecular weight is 247 g/mol. The lowest BCUT2D eigenvalue weighted by Gasteiger charge is -2.35. The van der Waals surface area contributed by atoms with Gasteiger partial charge in [0.15, 0.2) is 5.78 Å². The highest BCUT2D eigenvalue weighted by molar-refractivity contribution is 5.97. The van der Waals surface area contributed by atoms with E-state index in [0.29, 0.717) is 12.8 Å². The molecule has 2 aliphatic heterocycles. The highest BCUT2D eigenvalue weighted by atomic mass is 19.4. The van der Waals surface area contributed by atoms with Crippen molar-refractivity contribution in [1.82, 2.24) is 4.90 Å². The Labute approximate surface area is 98.5 Å². The van der Waals surface area contributed by atoms with Gasteiger partial charge in [-0.3, -0.25) is 4.79 Å². The van der Waals surface area contributed by atoms with E-state index in [0.717, 1.165) is 12.8 Å². The Hall–Kier alpha value is -0.840. The Morgan fingerprint density at radius 2 is 1.71 bits per heavy atom. The number of ketones is 1. The Kier molecular flexibility index (Phi) is 3.06. The van der Waals surface area contributed by atoms with Crippen LogP contribution in [0.1, 0.15) is 25.7 Å². The molecule has 0 radical (unpaired) electrons. The first-order chi connectivity index (χ1) is 7.80. The molecule has 2 heterocycles. The molecule has 0 aromatic rings. The summed E-state index contributed by atoms with van der Waals surface area (Å²) in [6.45, 7) is 2.90.